The van der Waals surface area contributed by atoms with Gasteiger partial charge in [-0.1, -0.05) is 31.2 Å². The molecule has 0 spiro atoms. The molecule has 1 aromatic carbocycles. The van der Waals surface area contributed by atoms with Gasteiger partial charge in [0.15, 0.2) is 0 Å². The average molecular weight is 220 g/mol. The normalized spacial score (nSPS) is 10.8. The Balaban J connectivity index is 2.62. The van der Waals surface area contributed by atoms with Crippen LogP contribution in [0, 0.1) is 10.1 Å². The van der Waals surface area contributed by atoms with E-state index in [0.29, 0.717) is 5.56 Å². The maximum absolute atomic E-state index is 10.7. The minimum atomic E-state index is -0.362. The summed E-state index contributed by atoms with van der Waals surface area (Å²) in [4.78, 5) is 10.4. The number of para-hydroxylation sites is 1. The van der Waals surface area contributed by atoms with Crippen molar-refractivity contribution in [2.75, 3.05) is 13.1 Å². The topological polar surface area (TPSA) is 55.2 Å². The van der Waals surface area contributed by atoms with Crippen molar-refractivity contribution in [2.45, 2.75) is 13.3 Å². The summed E-state index contributed by atoms with van der Waals surface area (Å²) in [5.41, 5.74) is 0.792. The molecule has 0 aliphatic heterocycles. The Kier molecular flexibility index (Phi) is 5.22. The Morgan fingerprint density at radius 2 is 2.19 bits per heavy atom. The zero-order valence-corrected chi connectivity index (χ0v) is 9.35. The Morgan fingerprint density at radius 3 is 2.88 bits per heavy atom. The van der Waals surface area contributed by atoms with Crippen molar-refractivity contribution in [2.24, 2.45) is 0 Å². The molecule has 0 heterocycles. The highest BCUT2D eigenvalue weighted by atomic mass is 16.6. The molecule has 0 amide bonds. The van der Waals surface area contributed by atoms with Gasteiger partial charge in [0, 0.05) is 12.6 Å². The molecule has 1 aromatic rings. The Morgan fingerprint density at radius 1 is 1.44 bits per heavy atom. The fraction of sp³-hybridized carbons (Fsp3) is 0.333. The van der Waals surface area contributed by atoms with Crippen LogP contribution in [0.3, 0.4) is 0 Å². The first-order chi connectivity index (χ1) is 7.75. The molecule has 4 nitrogen and oxygen atoms in total. The summed E-state index contributed by atoms with van der Waals surface area (Å²) in [6.45, 7) is 3.79. The molecule has 0 bridgehead atoms. The number of nitrogens with one attached hydrogen (secondary N) is 1. The third kappa shape index (κ3) is 3.82. The van der Waals surface area contributed by atoms with Crippen LogP contribution in [0.1, 0.15) is 18.9 Å². The molecule has 1 N–H and O–H groups in total. The predicted molar refractivity (Wildman–Crippen MR) is 65.3 cm³/mol. The van der Waals surface area contributed by atoms with Crippen molar-refractivity contribution in [3.63, 3.8) is 0 Å². The van der Waals surface area contributed by atoms with Crippen molar-refractivity contribution < 1.29 is 4.92 Å². The van der Waals surface area contributed by atoms with Gasteiger partial charge in [0.2, 0.25) is 0 Å². The van der Waals surface area contributed by atoms with E-state index in [1.807, 2.05) is 6.08 Å². The molecule has 0 saturated carbocycles. The van der Waals surface area contributed by atoms with E-state index in [2.05, 4.69) is 12.2 Å². The molecule has 0 aromatic heterocycles. The summed E-state index contributed by atoms with van der Waals surface area (Å²) in [5.74, 6) is 0. The SMILES string of the molecule is CCCNC/C=C/c1ccccc1[N+](=O)[O-]. The maximum atomic E-state index is 10.7. The van der Waals surface area contributed by atoms with Gasteiger partial charge < -0.3 is 5.32 Å². The fourth-order valence-corrected chi connectivity index (χ4v) is 1.34. The zero-order valence-electron chi connectivity index (χ0n) is 9.35. The number of benzene rings is 1. The second-order valence-corrected chi connectivity index (χ2v) is 3.42. The van der Waals surface area contributed by atoms with Crippen molar-refractivity contribution in [1.29, 1.82) is 0 Å². The zero-order chi connectivity index (χ0) is 11.8. The molecule has 0 aliphatic rings. The standard InChI is InChI=1S/C12H16N2O2/c1-2-9-13-10-5-7-11-6-3-4-8-12(11)14(15)16/h3-8,13H,2,9-10H2,1H3/b7-5+. The van der Waals surface area contributed by atoms with Crippen molar-refractivity contribution in [3.05, 3.63) is 46.0 Å². The van der Waals surface area contributed by atoms with E-state index in [-0.39, 0.29) is 10.6 Å². The lowest BCUT2D eigenvalue weighted by molar-refractivity contribution is -0.385. The third-order valence-electron chi connectivity index (χ3n) is 2.12. The summed E-state index contributed by atoms with van der Waals surface area (Å²) >= 11 is 0. The van der Waals surface area contributed by atoms with Crippen LogP contribution in [0.4, 0.5) is 5.69 Å². The first kappa shape index (κ1) is 12.4. The summed E-state index contributed by atoms with van der Waals surface area (Å²) < 4.78 is 0. The number of nitro benzene ring substituents is 1. The van der Waals surface area contributed by atoms with Crippen LogP contribution in [0.25, 0.3) is 6.08 Å². The van der Waals surface area contributed by atoms with Gasteiger partial charge in [0.25, 0.3) is 5.69 Å². The lowest BCUT2D eigenvalue weighted by atomic mass is 10.1. The number of hydrogen-bond donors (Lipinski definition) is 1. The van der Waals surface area contributed by atoms with E-state index >= 15 is 0 Å². The molecule has 0 saturated heterocycles. The highest BCUT2D eigenvalue weighted by Crippen LogP contribution is 2.18. The first-order valence-corrected chi connectivity index (χ1v) is 5.36. The van der Waals surface area contributed by atoms with Gasteiger partial charge in [0.1, 0.15) is 0 Å². The lowest BCUT2D eigenvalue weighted by Gasteiger charge is -1.98. The van der Waals surface area contributed by atoms with Gasteiger partial charge in [0.05, 0.1) is 10.5 Å². The predicted octanol–water partition coefficient (Wildman–Crippen LogP) is 2.61. The van der Waals surface area contributed by atoms with Gasteiger partial charge in [-0.25, -0.2) is 0 Å². The molecule has 0 aliphatic carbocycles. The van der Waals surface area contributed by atoms with Crippen LogP contribution in [0.15, 0.2) is 30.3 Å². The van der Waals surface area contributed by atoms with Crippen LogP contribution in [0.2, 0.25) is 0 Å². The van der Waals surface area contributed by atoms with E-state index < -0.39 is 0 Å². The van der Waals surface area contributed by atoms with Crippen LogP contribution in [-0.2, 0) is 0 Å². The van der Waals surface area contributed by atoms with Gasteiger partial charge in [-0.05, 0) is 19.0 Å². The molecule has 4 heteroatoms. The van der Waals surface area contributed by atoms with E-state index in [0.717, 1.165) is 19.5 Å². The summed E-state index contributed by atoms with van der Waals surface area (Å²) in [5, 5.41) is 13.9. The molecule has 0 atom stereocenters. The highest BCUT2D eigenvalue weighted by Gasteiger charge is 2.08. The monoisotopic (exact) mass is 220 g/mol. The van der Waals surface area contributed by atoms with Gasteiger partial charge >= 0.3 is 0 Å². The molecular weight excluding hydrogens is 204 g/mol. The third-order valence-corrected chi connectivity index (χ3v) is 2.12. The largest absolute Gasteiger partial charge is 0.313 e. The highest BCUT2D eigenvalue weighted by molar-refractivity contribution is 5.60. The molecule has 1 rings (SSSR count). The molecular formula is C12H16N2O2. The molecule has 86 valence electrons. The lowest BCUT2D eigenvalue weighted by Crippen LogP contribution is -2.13. The second-order valence-electron chi connectivity index (χ2n) is 3.42. The van der Waals surface area contributed by atoms with Crippen molar-refractivity contribution >= 4 is 11.8 Å². The summed E-state index contributed by atoms with van der Waals surface area (Å²) in [6, 6.07) is 6.73. The van der Waals surface area contributed by atoms with Crippen LogP contribution < -0.4 is 5.32 Å². The van der Waals surface area contributed by atoms with Crippen LogP contribution >= 0.6 is 0 Å². The molecule has 0 fully saturated rings. The molecule has 0 radical (unpaired) electrons. The van der Waals surface area contributed by atoms with E-state index in [1.165, 1.54) is 6.07 Å². The number of nitrogens with zero attached hydrogens (tertiary/aromatic N) is 1. The first-order valence-electron chi connectivity index (χ1n) is 5.36. The fourth-order valence-electron chi connectivity index (χ4n) is 1.34. The average Bonchev–Trinajstić information content (AvgIpc) is 2.29. The van der Waals surface area contributed by atoms with Crippen molar-refractivity contribution in [3.8, 4) is 0 Å². The molecule has 0 unspecified atom stereocenters. The summed E-state index contributed by atoms with van der Waals surface area (Å²) in [7, 11) is 0. The van der Waals surface area contributed by atoms with Crippen LogP contribution in [0.5, 0.6) is 0 Å². The smallest absolute Gasteiger partial charge is 0.276 e. The van der Waals surface area contributed by atoms with E-state index in [4.69, 9.17) is 0 Å². The Hall–Kier alpha value is -1.68. The number of rotatable bonds is 6. The minimum Gasteiger partial charge on any atom is -0.313 e. The molecule has 16 heavy (non-hydrogen) atoms. The van der Waals surface area contributed by atoms with Gasteiger partial charge in [-0.3, -0.25) is 10.1 Å². The van der Waals surface area contributed by atoms with Crippen LogP contribution in [-0.4, -0.2) is 18.0 Å². The maximum Gasteiger partial charge on any atom is 0.276 e. The van der Waals surface area contributed by atoms with E-state index in [1.54, 1.807) is 24.3 Å². The Bertz CT molecular complexity index is 375. The van der Waals surface area contributed by atoms with Crippen molar-refractivity contribution in [1.82, 2.24) is 5.32 Å². The number of nitro groups is 1. The second kappa shape index (κ2) is 6.74. The minimum absolute atomic E-state index is 0.147. The summed E-state index contributed by atoms with van der Waals surface area (Å²) in [6.07, 6.45) is 4.76. The van der Waals surface area contributed by atoms with Gasteiger partial charge in [-0.2, -0.15) is 0 Å². The quantitative estimate of drug-likeness (QED) is 0.455. The van der Waals surface area contributed by atoms with Gasteiger partial charge in [-0.15, -0.1) is 0 Å². The van der Waals surface area contributed by atoms with E-state index in [9.17, 15) is 10.1 Å². The Labute approximate surface area is 95.1 Å². The number of hydrogen-bond acceptors (Lipinski definition) is 3.